The van der Waals surface area contributed by atoms with E-state index in [1.165, 1.54) is 24.0 Å². The number of imide groups is 1. The fourth-order valence-corrected chi connectivity index (χ4v) is 3.05. The van der Waals surface area contributed by atoms with Gasteiger partial charge < -0.3 is 4.74 Å². The molecule has 1 aliphatic heterocycles. The van der Waals surface area contributed by atoms with E-state index in [0.717, 1.165) is 37.3 Å². The normalized spacial score (nSPS) is 13.3. The zero-order valence-electron chi connectivity index (χ0n) is 15.9. The fourth-order valence-electron chi connectivity index (χ4n) is 3.05. The Kier molecular flexibility index (Phi) is 7.99. The smallest absolute Gasteiger partial charge is 0.310 e. The summed E-state index contributed by atoms with van der Waals surface area (Å²) in [6.45, 7) is 5.99. The molecule has 1 aliphatic rings. The molecular formula is C22H27NO4. The molecule has 1 aromatic carbocycles. The average molecular weight is 369 g/mol. The molecule has 0 fully saturated rings. The fraction of sp³-hybridized carbons (Fsp3) is 0.409. The first-order valence-electron chi connectivity index (χ1n) is 9.46. The minimum Gasteiger partial charge on any atom is -0.461 e. The number of benzene rings is 1. The molecule has 1 aromatic rings. The number of carbonyl (C=O) groups excluding carboxylic acids is 3. The molecule has 1 N–H and O–H groups in total. The summed E-state index contributed by atoms with van der Waals surface area (Å²) in [5, 5.41) is 2.12. The highest BCUT2D eigenvalue weighted by molar-refractivity contribution is 6.17. The van der Waals surface area contributed by atoms with Crippen molar-refractivity contribution in [2.75, 3.05) is 0 Å². The highest BCUT2D eigenvalue weighted by atomic mass is 16.5. The zero-order valence-corrected chi connectivity index (χ0v) is 15.9. The topological polar surface area (TPSA) is 72.5 Å². The molecule has 144 valence electrons. The molecule has 0 aromatic heterocycles. The van der Waals surface area contributed by atoms with Gasteiger partial charge in [-0.25, -0.2) is 0 Å². The number of allylic oxidation sites excluding steroid dienone is 1. The van der Waals surface area contributed by atoms with Crippen molar-refractivity contribution < 1.29 is 19.1 Å². The van der Waals surface area contributed by atoms with E-state index in [9.17, 15) is 14.4 Å². The molecule has 0 radical (unpaired) electrons. The van der Waals surface area contributed by atoms with Gasteiger partial charge in [0.1, 0.15) is 6.61 Å². The highest BCUT2D eigenvalue weighted by Gasteiger charge is 2.23. The van der Waals surface area contributed by atoms with Crippen LogP contribution < -0.4 is 5.32 Å². The SMILES string of the molecule is C=CCCCCCc1ccc(COC(=O)CC2=CC(=O)NC2=O)c(CC)c1. The summed E-state index contributed by atoms with van der Waals surface area (Å²) in [5.74, 6) is -1.53. The molecule has 2 amide bonds. The quantitative estimate of drug-likeness (QED) is 0.280. The molecule has 0 unspecified atom stereocenters. The van der Waals surface area contributed by atoms with Crippen LogP contribution in [-0.2, 0) is 38.6 Å². The van der Waals surface area contributed by atoms with E-state index < -0.39 is 17.8 Å². The van der Waals surface area contributed by atoms with E-state index in [-0.39, 0.29) is 18.6 Å². The molecule has 5 heteroatoms. The van der Waals surface area contributed by atoms with Crippen molar-refractivity contribution in [2.45, 2.75) is 58.5 Å². The van der Waals surface area contributed by atoms with Gasteiger partial charge in [0.15, 0.2) is 0 Å². The summed E-state index contributed by atoms with van der Waals surface area (Å²) in [4.78, 5) is 34.5. The van der Waals surface area contributed by atoms with E-state index >= 15 is 0 Å². The Morgan fingerprint density at radius 2 is 2.00 bits per heavy atom. The number of esters is 1. The van der Waals surface area contributed by atoms with Gasteiger partial charge in [-0.1, -0.05) is 37.6 Å². The summed E-state index contributed by atoms with van der Waals surface area (Å²) in [6, 6.07) is 6.28. The first-order valence-corrected chi connectivity index (χ1v) is 9.46. The second kappa shape index (κ2) is 10.5. The van der Waals surface area contributed by atoms with Crippen molar-refractivity contribution in [3.05, 3.63) is 59.2 Å². The van der Waals surface area contributed by atoms with Crippen LogP contribution in [0.4, 0.5) is 0 Å². The molecule has 0 aliphatic carbocycles. The number of amides is 2. The third-order valence-electron chi connectivity index (χ3n) is 4.58. The molecule has 0 bridgehead atoms. The lowest BCUT2D eigenvalue weighted by Crippen LogP contribution is -2.23. The third-order valence-corrected chi connectivity index (χ3v) is 4.58. The largest absolute Gasteiger partial charge is 0.461 e. The van der Waals surface area contributed by atoms with Gasteiger partial charge >= 0.3 is 5.97 Å². The summed E-state index contributed by atoms with van der Waals surface area (Å²) in [5.41, 5.74) is 3.58. The summed E-state index contributed by atoms with van der Waals surface area (Å²) in [7, 11) is 0. The predicted octanol–water partition coefficient (Wildman–Crippen LogP) is 3.55. The van der Waals surface area contributed by atoms with E-state index in [0.29, 0.717) is 0 Å². The monoisotopic (exact) mass is 369 g/mol. The maximum Gasteiger partial charge on any atom is 0.310 e. The van der Waals surface area contributed by atoms with Gasteiger partial charge in [0.05, 0.1) is 6.42 Å². The average Bonchev–Trinajstić information content (AvgIpc) is 2.97. The van der Waals surface area contributed by atoms with Crippen LogP contribution in [-0.4, -0.2) is 17.8 Å². The van der Waals surface area contributed by atoms with Crippen LogP contribution in [0.15, 0.2) is 42.5 Å². The van der Waals surface area contributed by atoms with Crippen molar-refractivity contribution in [3.63, 3.8) is 0 Å². The number of rotatable bonds is 11. The highest BCUT2D eigenvalue weighted by Crippen LogP contribution is 2.17. The van der Waals surface area contributed by atoms with Gasteiger partial charge in [-0.2, -0.15) is 0 Å². The van der Waals surface area contributed by atoms with Gasteiger partial charge in [-0.3, -0.25) is 19.7 Å². The maximum absolute atomic E-state index is 12.0. The number of unbranched alkanes of at least 4 members (excludes halogenated alkanes) is 3. The Bertz CT molecular complexity index is 749. The molecule has 0 atom stereocenters. The molecule has 27 heavy (non-hydrogen) atoms. The van der Waals surface area contributed by atoms with E-state index in [2.05, 4.69) is 31.0 Å². The third kappa shape index (κ3) is 6.51. The van der Waals surface area contributed by atoms with Crippen molar-refractivity contribution in [2.24, 2.45) is 0 Å². The lowest BCUT2D eigenvalue weighted by molar-refractivity contribution is -0.144. The van der Waals surface area contributed by atoms with Crippen molar-refractivity contribution in [1.82, 2.24) is 5.32 Å². The first kappa shape index (κ1) is 20.6. The molecule has 0 saturated heterocycles. The van der Waals surface area contributed by atoms with Gasteiger partial charge in [-0.15, -0.1) is 6.58 Å². The number of aryl methyl sites for hydroxylation is 2. The van der Waals surface area contributed by atoms with Crippen LogP contribution in [0.5, 0.6) is 0 Å². The van der Waals surface area contributed by atoms with Crippen LogP contribution in [0.2, 0.25) is 0 Å². The molecule has 5 nitrogen and oxygen atoms in total. The van der Waals surface area contributed by atoms with Crippen LogP contribution in [0.3, 0.4) is 0 Å². The Hall–Kier alpha value is -2.69. The van der Waals surface area contributed by atoms with Crippen molar-refractivity contribution >= 4 is 17.8 Å². The number of carbonyl (C=O) groups is 3. The Morgan fingerprint density at radius 1 is 1.19 bits per heavy atom. The predicted molar refractivity (Wildman–Crippen MR) is 104 cm³/mol. The van der Waals surface area contributed by atoms with Crippen LogP contribution in [0.25, 0.3) is 0 Å². The summed E-state index contributed by atoms with van der Waals surface area (Å²) < 4.78 is 5.30. The van der Waals surface area contributed by atoms with Gasteiger partial charge in [0.25, 0.3) is 11.8 Å². The van der Waals surface area contributed by atoms with E-state index in [1.54, 1.807) is 0 Å². The van der Waals surface area contributed by atoms with E-state index in [4.69, 9.17) is 4.74 Å². The number of hydrogen-bond donors (Lipinski definition) is 1. The lowest BCUT2D eigenvalue weighted by Gasteiger charge is -2.11. The van der Waals surface area contributed by atoms with E-state index in [1.807, 2.05) is 12.1 Å². The Labute approximate surface area is 160 Å². The maximum atomic E-state index is 12.0. The standard InChI is InChI=1S/C22H27NO4/c1-3-5-6-7-8-9-16-10-11-18(17(4-2)12-16)15-27-21(25)14-19-13-20(24)23-22(19)26/h3,10-13H,1,4-9,14-15H2,2H3,(H,23,24,26). The molecule has 0 saturated carbocycles. The van der Waals surface area contributed by atoms with Crippen LogP contribution in [0, 0.1) is 0 Å². The number of hydrogen-bond acceptors (Lipinski definition) is 4. The van der Waals surface area contributed by atoms with Crippen molar-refractivity contribution in [3.8, 4) is 0 Å². The zero-order chi connectivity index (χ0) is 19.6. The second-order valence-corrected chi connectivity index (χ2v) is 6.67. The number of ether oxygens (including phenoxy) is 1. The molecule has 2 rings (SSSR count). The minimum atomic E-state index is -0.524. The molecule has 0 spiro atoms. The van der Waals surface area contributed by atoms with Gasteiger partial charge in [-0.05, 0) is 48.8 Å². The second-order valence-electron chi connectivity index (χ2n) is 6.67. The van der Waals surface area contributed by atoms with Gasteiger partial charge in [0.2, 0.25) is 0 Å². The first-order chi connectivity index (χ1) is 13.0. The van der Waals surface area contributed by atoms with Crippen LogP contribution >= 0.6 is 0 Å². The minimum absolute atomic E-state index is 0.146. The molecule has 1 heterocycles. The van der Waals surface area contributed by atoms with Crippen molar-refractivity contribution in [1.29, 1.82) is 0 Å². The van der Waals surface area contributed by atoms with Crippen LogP contribution in [0.1, 0.15) is 55.7 Å². The number of nitrogens with one attached hydrogen (secondary N) is 1. The lowest BCUT2D eigenvalue weighted by atomic mass is 9.99. The summed E-state index contributed by atoms with van der Waals surface area (Å²) >= 11 is 0. The van der Waals surface area contributed by atoms with Gasteiger partial charge in [0, 0.05) is 11.6 Å². The summed E-state index contributed by atoms with van der Waals surface area (Å²) in [6.07, 6.45) is 9.40. The Balaban J connectivity index is 1.85. The molecular weight excluding hydrogens is 342 g/mol. The Morgan fingerprint density at radius 3 is 2.67 bits per heavy atom.